The van der Waals surface area contributed by atoms with Crippen LogP contribution in [0.3, 0.4) is 0 Å². The Hall–Kier alpha value is -3.46. The smallest absolute Gasteiger partial charge is 0.324 e. The van der Waals surface area contributed by atoms with Gasteiger partial charge in [0.2, 0.25) is 0 Å². The molecule has 0 heterocycles. The summed E-state index contributed by atoms with van der Waals surface area (Å²) in [4.78, 5) is 21.3. The molecule has 9 heteroatoms. The van der Waals surface area contributed by atoms with E-state index < -0.39 is 38.0 Å². The minimum atomic E-state index is -4.51. The Morgan fingerprint density at radius 1 is 1.00 bits per heavy atom. The second-order valence-electron chi connectivity index (χ2n) is 5.63. The lowest BCUT2D eigenvalue weighted by molar-refractivity contribution is -0.387. The molecule has 138 valence electrons. The summed E-state index contributed by atoms with van der Waals surface area (Å²) in [5.74, 6) is -1.38. The highest BCUT2D eigenvalue weighted by Gasteiger charge is 2.33. The molecule has 8 nitrogen and oxygen atoms in total. The number of anilines is 1. The lowest BCUT2D eigenvalue weighted by atomic mass is 10.1. The van der Waals surface area contributed by atoms with E-state index in [-0.39, 0.29) is 5.69 Å². The second-order valence-corrected chi connectivity index (χ2v) is 7.46. The van der Waals surface area contributed by atoms with Gasteiger partial charge in [-0.1, -0.05) is 48.5 Å². The van der Waals surface area contributed by atoms with Crippen LogP contribution < -0.4 is 4.31 Å². The van der Waals surface area contributed by atoms with E-state index in [9.17, 15) is 28.4 Å². The molecule has 0 spiro atoms. The van der Waals surface area contributed by atoms with Gasteiger partial charge in [0.15, 0.2) is 4.90 Å². The molecule has 0 aliphatic carbocycles. The van der Waals surface area contributed by atoms with Gasteiger partial charge < -0.3 is 5.11 Å². The SMILES string of the molecule is O=C(O)CN(c1cccc2ccccc12)S(=O)(=O)c1ccccc1[N+](=O)[O-]. The minimum Gasteiger partial charge on any atom is -0.480 e. The third kappa shape index (κ3) is 3.44. The van der Waals surface area contributed by atoms with E-state index in [1.807, 2.05) is 0 Å². The van der Waals surface area contributed by atoms with Crippen LogP contribution in [-0.4, -0.2) is 31.0 Å². The van der Waals surface area contributed by atoms with Crippen molar-refractivity contribution >= 4 is 38.1 Å². The number of benzene rings is 3. The summed E-state index contributed by atoms with van der Waals surface area (Å²) >= 11 is 0. The first-order chi connectivity index (χ1) is 12.8. The molecule has 0 bridgehead atoms. The van der Waals surface area contributed by atoms with Gasteiger partial charge in [0.1, 0.15) is 6.54 Å². The minimum absolute atomic E-state index is 0.133. The van der Waals surface area contributed by atoms with Crippen LogP contribution in [0, 0.1) is 10.1 Å². The largest absolute Gasteiger partial charge is 0.480 e. The summed E-state index contributed by atoms with van der Waals surface area (Å²) in [7, 11) is -4.51. The van der Waals surface area contributed by atoms with Crippen LogP contribution in [-0.2, 0) is 14.8 Å². The maximum absolute atomic E-state index is 13.2. The number of carboxylic acids is 1. The number of carboxylic acid groups (broad SMARTS) is 1. The van der Waals surface area contributed by atoms with Gasteiger partial charge in [0.05, 0.1) is 10.6 Å². The van der Waals surface area contributed by atoms with Crippen LogP contribution >= 0.6 is 0 Å². The van der Waals surface area contributed by atoms with Gasteiger partial charge >= 0.3 is 5.97 Å². The molecule has 0 fully saturated rings. The third-order valence-corrected chi connectivity index (χ3v) is 5.75. The molecule has 0 aromatic heterocycles. The lowest BCUT2D eigenvalue weighted by Crippen LogP contribution is -2.36. The number of nitrogens with zero attached hydrogens (tertiary/aromatic N) is 2. The van der Waals surface area contributed by atoms with E-state index >= 15 is 0 Å². The number of rotatable bonds is 6. The molecule has 0 saturated heterocycles. The normalized spacial score (nSPS) is 11.3. The average molecular weight is 386 g/mol. The van der Waals surface area contributed by atoms with Crippen LogP contribution in [0.5, 0.6) is 0 Å². The molecule has 0 unspecified atom stereocenters. The molecule has 0 saturated carbocycles. The monoisotopic (exact) mass is 386 g/mol. The fourth-order valence-corrected chi connectivity index (χ4v) is 4.39. The molecule has 0 atom stereocenters. The lowest BCUT2D eigenvalue weighted by Gasteiger charge is -2.24. The molecule has 1 N–H and O–H groups in total. The van der Waals surface area contributed by atoms with E-state index in [0.29, 0.717) is 15.1 Å². The topological polar surface area (TPSA) is 118 Å². The fourth-order valence-electron chi connectivity index (χ4n) is 2.79. The molecule has 0 amide bonds. The summed E-state index contributed by atoms with van der Waals surface area (Å²) in [5.41, 5.74) is -0.484. The van der Waals surface area contributed by atoms with Crippen LogP contribution in [0.4, 0.5) is 11.4 Å². The predicted molar refractivity (Wildman–Crippen MR) is 99.2 cm³/mol. The van der Waals surface area contributed by atoms with Gasteiger partial charge in [-0.15, -0.1) is 0 Å². The maximum atomic E-state index is 13.2. The highest BCUT2D eigenvalue weighted by Crippen LogP contribution is 2.33. The fraction of sp³-hybridized carbons (Fsp3) is 0.0556. The van der Waals surface area contributed by atoms with Gasteiger partial charge in [-0.05, 0) is 17.5 Å². The van der Waals surface area contributed by atoms with Gasteiger partial charge in [-0.25, -0.2) is 8.42 Å². The van der Waals surface area contributed by atoms with E-state index in [1.165, 1.54) is 18.2 Å². The first-order valence-corrected chi connectivity index (χ1v) is 9.22. The number of hydrogen-bond donors (Lipinski definition) is 1. The number of carbonyl (C=O) groups is 1. The van der Waals surface area contributed by atoms with Gasteiger partial charge in [-0.2, -0.15) is 0 Å². The Kier molecular flexibility index (Phi) is 4.78. The molecule has 0 radical (unpaired) electrons. The van der Waals surface area contributed by atoms with Crippen molar-refractivity contribution in [1.29, 1.82) is 0 Å². The summed E-state index contributed by atoms with van der Waals surface area (Å²) in [6.45, 7) is -0.873. The van der Waals surface area contributed by atoms with Crippen LogP contribution in [0.25, 0.3) is 10.8 Å². The number of sulfonamides is 1. The Morgan fingerprint density at radius 3 is 2.33 bits per heavy atom. The standard InChI is InChI=1S/C18H14N2O6S/c21-18(22)12-19(15-10-5-7-13-6-1-2-8-14(13)15)27(25,26)17-11-4-3-9-16(17)20(23)24/h1-11H,12H2,(H,21,22). The first kappa shape index (κ1) is 18.3. The number of aliphatic carboxylic acids is 1. The Bertz CT molecular complexity index is 1140. The highest BCUT2D eigenvalue weighted by molar-refractivity contribution is 7.93. The highest BCUT2D eigenvalue weighted by atomic mass is 32.2. The van der Waals surface area contributed by atoms with Gasteiger partial charge in [0, 0.05) is 11.5 Å². The Labute approximate surface area is 154 Å². The molecule has 3 aromatic rings. The second kappa shape index (κ2) is 7.04. The quantitative estimate of drug-likeness (QED) is 0.514. The predicted octanol–water partition coefficient (Wildman–Crippen LogP) is 3.03. The number of para-hydroxylation sites is 1. The first-order valence-electron chi connectivity index (χ1n) is 7.78. The number of fused-ring (bicyclic) bond motifs is 1. The van der Waals surface area contributed by atoms with Gasteiger partial charge in [-0.3, -0.25) is 19.2 Å². The summed E-state index contributed by atoms with van der Waals surface area (Å²) in [6.07, 6.45) is 0. The Morgan fingerprint density at radius 2 is 1.63 bits per heavy atom. The zero-order valence-electron chi connectivity index (χ0n) is 13.8. The van der Waals surface area contributed by atoms with Crippen molar-refractivity contribution in [3.8, 4) is 0 Å². The number of nitro groups is 1. The molecule has 27 heavy (non-hydrogen) atoms. The molecule has 3 rings (SSSR count). The number of nitro benzene ring substituents is 1. The van der Waals surface area contributed by atoms with Crippen LogP contribution in [0.1, 0.15) is 0 Å². The van der Waals surface area contributed by atoms with Crippen molar-refractivity contribution in [1.82, 2.24) is 0 Å². The zero-order chi connectivity index (χ0) is 19.6. The van der Waals surface area contributed by atoms with Crippen molar-refractivity contribution in [3.63, 3.8) is 0 Å². The van der Waals surface area contributed by atoms with Crippen molar-refractivity contribution < 1.29 is 23.2 Å². The van der Waals surface area contributed by atoms with E-state index in [0.717, 1.165) is 12.1 Å². The molecule has 3 aromatic carbocycles. The van der Waals surface area contributed by atoms with Gasteiger partial charge in [0.25, 0.3) is 15.7 Å². The van der Waals surface area contributed by atoms with Crippen molar-refractivity contribution in [2.24, 2.45) is 0 Å². The summed E-state index contributed by atoms with van der Waals surface area (Å²) in [5, 5.41) is 21.8. The molecular weight excluding hydrogens is 372 g/mol. The van der Waals surface area contributed by atoms with E-state index in [4.69, 9.17) is 0 Å². The third-order valence-electron chi connectivity index (χ3n) is 3.94. The van der Waals surface area contributed by atoms with E-state index in [2.05, 4.69) is 0 Å². The zero-order valence-corrected chi connectivity index (χ0v) is 14.7. The van der Waals surface area contributed by atoms with E-state index in [1.54, 1.807) is 36.4 Å². The average Bonchev–Trinajstić information content (AvgIpc) is 2.65. The number of hydrogen-bond acceptors (Lipinski definition) is 5. The van der Waals surface area contributed by atoms with Crippen LogP contribution in [0.15, 0.2) is 71.6 Å². The van der Waals surface area contributed by atoms with Crippen LogP contribution in [0.2, 0.25) is 0 Å². The molecule has 0 aliphatic heterocycles. The summed E-state index contributed by atoms with van der Waals surface area (Å²) in [6, 6.07) is 16.6. The molecular formula is C18H14N2O6S. The van der Waals surface area contributed by atoms with Crippen molar-refractivity contribution in [2.75, 3.05) is 10.8 Å². The maximum Gasteiger partial charge on any atom is 0.324 e. The molecule has 0 aliphatic rings. The van der Waals surface area contributed by atoms with Crippen molar-refractivity contribution in [2.45, 2.75) is 4.90 Å². The summed E-state index contributed by atoms with van der Waals surface area (Å²) < 4.78 is 27.1. The Balaban J connectivity index is 2.27. The van der Waals surface area contributed by atoms with Crippen molar-refractivity contribution in [3.05, 3.63) is 76.8 Å².